The van der Waals surface area contributed by atoms with Crippen LogP contribution < -0.4 is 10.9 Å². The molecule has 24 heavy (non-hydrogen) atoms. The van der Waals surface area contributed by atoms with E-state index in [1.807, 2.05) is 0 Å². The lowest BCUT2D eigenvalue weighted by atomic mass is 10.4. The quantitative estimate of drug-likeness (QED) is 0.560. The number of amides is 2. The van der Waals surface area contributed by atoms with Gasteiger partial charge in [-0.15, -0.1) is 11.3 Å². The van der Waals surface area contributed by atoms with Crippen LogP contribution in [0.5, 0.6) is 0 Å². The van der Waals surface area contributed by atoms with Gasteiger partial charge in [0.25, 0.3) is 11.5 Å². The Hall–Kier alpha value is -2.39. The van der Waals surface area contributed by atoms with Crippen molar-refractivity contribution in [2.24, 2.45) is 14.1 Å². The first-order valence-electron chi connectivity index (χ1n) is 7.00. The van der Waals surface area contributed by atoms with E-state index in [1.165, 1.54) is 15.9 Å². The Kier molecular flexibility index (Phi) is 4.54. The molecule has 0 radical (unpaired) electrons. The van der Waals surface area contributed by atoms with Gasteiger partial charge in [0.2, 0.25) is 5.91 Å². The molecule has 3 aromatic heterocycles. The minimum atomic E-state index is -0.455. The number of aryl methyl sites for hydroxylation is 1. The molecule has 3 heterocycles. The van der Waals surface area contributed by atoms with Gasteiger partial charge in [0.1, 0.15) is 10.4 Å². The molecule has 7 nitrogen and oxygen atoms in total. The van der Waals surface area contributed by atoms with Crippen molar-refractivity contribution in [3.8, 4) is 0 Å². The van der Waals surface area contributed by atoms with E-state index in [4.69, 9.17) is 0 Å². The summed E-state index contributed by atoms with van der Waals surface area (Å²) in [7, 11) is 3.34. The van der Waals surface area contributed by atoms with E-state index in [1.54, 1.807) is 48.4 Å². The van der Waals surface area contributed by atoms with Gasteiger partial charge in [-0.25, -0.2) is 4.98 Å². The maximum absolute atomic E-state index is 12.2. The predicted molar refractivity (Wildman–Crippen MR) is 93.5 cm³/mol. The second-order valence-corrected chi connectivity index (χ2v) is 6.92. The average Bonchev–Trinajstić information content (AvgIpc) is 3.18. The van der Waals surface area contributed by atoms with Crippen molar-refractivity contribution in [1.29, 1.82) is 0 Å². The van der Waals surface area contributed by atoms with Gasteiger partial charge in [0, 0.05) is 20.3 Å². The van der Waals surface area contributed by atoms with E-state index in [0.29, 0.717) is 21.1 Å². The van der Waals surface area contributed by atoms with Crippen LogP contribution in [-0.4, -0.2) is 31.7 Å². The summed E-state index contributed by atoms with van der Waals surface area (Å²) in [5, 5.41) is 4.57. The lowest BCUT2D eigenvalue weighted by Crippen LogP contribution is -2.33. The fourth-order valence-corrected chi connectivity index (χ4v) is 3.73. The Bertz CT molecular complexity index is 986. The number of thioether (sulfide) groups is 1. The van der Waals surface area contributed by atoms with Crippen LogP contribution in [0, 0.1) is 0 Å². The summed E-state index contributed by atoms with van der Waals surface area (Å²) in [6, 6.07) is 5.12. The zero-order valence-electron chi connectivity index (χ0n) is 13.0. The first-order valence-corrected chi connectivity index (χ1v) is 8.86. The normalized spacial score (nSPS) is 10.9. The van der Waals surface area contributed by atoms with Crippen molar-refractivity contribution in [3.05, 3.63) is 45.8 Å². The molecule has 3 rings (SSSR count). The van der Waals surface area contributed by atoms with Crippen molar-refractivity contribution in [3.63, 3.8) is 0 Å². The molecule has 0 aliphatic rings. The first-order chi connectivity index (χ1) is 11.5. The first kappa shape index (κ1) is 16.5. The monoisotopic (exact) mass is 362 g/mol. The molecule has 3 aromatic rings. The molecular weight excluding hydrogens is 348 g/mol. The Morgan fingerprint density at radius 1 is 1.33 bits per heavy atom. The van der Waals surface area contributed by atoms with E-state index in [9.17, 15) is 14.4 Å². The third kappa shape index (κ3) is 3.13. The van der Waals surface area contributed by atoms with Gasteiger partial charge in [-0.05, 0) is 23.6 Å². The molecule has 0 bridgehead atoms. The standard InChI is InChI=1S/C15H14N4O3S2/c1-18-6-3-4-10(18)13(21)17-11(20)8-24-15-16-9-5-7-23-12(9)14(22)19(15)2/h3-7H,8H2,1-2H3,(H,17,20,21). The Labute approximate surface area is 145 Å². The van der Waals surface area contributed by atoms with Crippen molar-refractivity contribution >= 4 is 45.1 Å². The van der Waals surface area contributed by atoms with Crippen LogP contribution in [0.1, 0.15) is 10.5 Å². The fourth-order valence-electron chi connectivity index (χ4n) is 2.15. The summed E-state index contributed by atoms with van der Waals surface area (Å²) in [6.07, 6.45) is 1.73. The van der Waals surface area contributed by atoms with Crippen LogP contribution in [0.15, 0.2) is 39.7 Å². The van der Waals surface area contributed by atoms with Crippen LogP contribution in [0.4, 0.5) is 0 Å². The van der Waals surface area contributed by atoms with Gasteiger partial charge in [-0.2, -0.15) is 0 Å². The molecule has 0 unspecified atom stereocenters. The number of aromatic nitrogens is 3. The largest absolute Gasteiger partial charge is 0.347 e. The summed E-state index contributed by atoms with van der Waals surface area (Å²) in [6.45, 7) is 0. The second kappa shape index (κ2) is 6.62. The molecule has 0 aromatic carbocycles. The highest BCUT2D eigenvalue weighted by atomic mass is 32.2. The van der Waals surface area contributed by atoms with Gasteiger partial charge in [0.05, 0.1) is 11.3 Å². The Morgan fingerprint density at radius 3 is 2.83 bits per heavy atom. The molecule has 0 aliphatic carbocycles. The van der Waals surface area contributed by atoms with Crippen LogP contribution >= 0.6 is 23.1 Å². The van der Waals surface area contributed by atoms with Crippen molar-refractivity contribution < 1.29 is 9.59 Å². The number of hydrogen-bond donors (Lipinski definition) is 1. The highest BCUT2D eigenvalue weighted by molar-refractivity contribution is 7.99. The summed E-state index contributed by atoms with van der Waals surface area (Å²) in [5.41, 5.74) is 0.877. The number of hydrogen-bond acceptors (Lipinski definition) is 6. The Balaban J connectivity index is 1.68. The number of nitrogens with zero attached hydrogens (tertiary/aromatic N) is 3. The molecule has 0 aliphatic heterocycles. The summed E-state index contributed by atoms with van der Waals surface area (Å²) >= 11 is 2.45. The summed E-state index contributed by atoms with van der Waals surface area (Å²) in [4.78, 5) is 40.5. The Morgan fingerprint density at radius 2 is 2.12 bits per heavy atom. The average molecular weight is 362 g/mol. The number of rotatable bonds is 4. The molecule has 2 amide bonds. The van der Waals surface area contributed by atoms with E-state index in [0.717, 1.165) is 11.8 Å². The SMILES string of the molecule is Cn1cccc1C(=O)NC(=O)CSc1nc2ccsc2c(=O)n1C. The van der Waals surface area contributed by atoms with Crippen LogP contribution in [0.3, 0.4) is 0 Å². The highest BCUT2D eigenvalue weighted by Crippen LogP contribution is 2.19. The molecule has 0 saturated heterocycles. The van der Waals surface area contributed by atoms with Crippen molar-refractivity contribution in [2.45, 2.75) is 5.16 Å². The fraction of sp³-hybridized carbons (Fsp3) is 0.200. The third-order valence-corrected chi connectivity index (χ3v) is 5.33. The molecule has 0 saturated carbocycles. The van der Waals surface area contributed by atoms with Gasteiger partial charge < -0.3 is 4.57 Å². The number of carbonyl (C=O) groups excluding carboxylic acids is 2. The lowest BCUT2D eigenvalue weighted by Gasteiger charge is -2.07. The topological polar surface area (TPSA) is 86.0 Å². The molecule has 0 spiro atoms. The number of fused-ring (bicyclic) bond motifs is 1. The third-order valence-electron chi connectivity index (χ3n) is 3.41. The van der Waals surface area contributed by atoms with Gasteiger partial charge in [-0.1, -0.05) is 11.8 Å². The maximum atomic E-state index is 12.2. The van der Waals surface area contributed by atoms with Crippen molar-refractivity contribution in [1.82, 2.24) is 19.4 Å². The van der Waals surface area contributed by atoms with E-state index >= 15 is 0 Å². The maximum Gasteiger partial charge on any atom is 0.274 e. The second-order valence-electron chi connectivity index (χ2n) is 5.06. The van der Waals surface area contributed by atoms with E-state index in [2.05, 4.69) is 10.3 Å². The number of imide groups is 1. The minimum absolute atomic E-state index is 0.00785. The molecule has 0 fully saturated rings. The van der Waals surface area contributed by atoms with Gasteiger partial charge >= 0.3 is 0 Å². The van der Waals surface area contributed by atoms with Crippen LogP contribution in [0.25, 0.3) is 10.2 Å². The minimum Gasteiger partial charge on any atom is -0.347 e. The summed E-state index contributed by atoms with van der Waals surface area (Å²) < 4.78 is 3.63. The molecule has 0 atom stereocenters. The molecular formula is C15H14N4O3S2. The predicted octanol–water partition coefficient (Wildman–Crippen LogP) is 1.38. The molecule has 1 N–H and O–H groups in total. The lowest BCUT2D eigenvalue weighted by molar-refractivity contribution is -0.117. The van der Waals surface area contributed by atoms with Gasteiger partial charge in [0.15, 0.2) is 5.16 Å². The van der Waals surface area contributed by atoms with Gasteiger partial charge in [-0.3, -0.25) is 24.3 Å². The molecule has 9 heteroatoms. The zero-order valence-corrected chi connectivity index (χ0v) is 14.6. The number of nitrogens with one attached hydrogen (secondary N) is 1. The van der Waals surface area contributed by atoms with E-state index in [-0.39, 0.29) is 11.3 Å². The van der Waals surface area contributed by atoms with Crippen molar-refractivity contribution in [2.75, 3.05) is 5.75 Å². The van der Waals surface area contributed by atoms with Crippen LogP contribution in [-0.2, 0) is 18.9 Å². The number of thiophene rings is 1. The zero-order chi connectivity index (χ0) is 17.3. The van der Waals surface area contributed by atoms with Crippen LogP contribution in [0.2, 0.25) is 0 Å². The molecule has 124 valence electrons. The van der Waals surface area contributed by atoms with E-state index < -0.39 is 11.8 Å². The highest BCUT2D eigenvalue weighted by Gasteiger charge is 2.15. The smallest absolute Gasteiger partial charge is 0.274 e. The summed E-state index contributed by atoms with van der Waals surface area (Å²) in [5.74, 6) is -0.902. The number of carbonyl (C=O) groups is 2.